The first-order valence-electron chi connectivity index (χ1n) is 4.24. The van der Waals surface area contributed by atoms with Gasteiger partial charge in [0, 0.05) is 0 Å². The van der Waals surface area contributed by atoms with Crippen molar-refractivity contribution in [2.45, 2.75) is 13.0 Å². The van der Waals surface area contributed by atoms with Crippen LogP contribution in [0.1, 0.15) is 17.2 Å². The molecule has 1 atom stereocenters. The van der Waals surface area contributed by atoms with Crippen LogP contribution in [0.25, 0.3) is 0 Å². The molecule has 0 saturated heterocycles. The number of aryl methyl sites for hydroxylation is 1. The first-order valence-corrected chi connectivity index (χ1v) is 4.24. The van der Waals surface area contributed by atoms with Crippen LogP contribution in [0.4, 0.5) is 4.39 Å². The summed E-state index contributed by atoms with van der Waals surface area (Å²) < 4.78 is 18.4. The molecule has 76 valence electrons. The summed E-state index contributed by atoms with van der Waals surface area (Å²) in [5, 5.41) is 9.47. The molecule has 0 aliphatic rings. The zero-order valence-electron chi connectivity index (χ0n) is 8.25. The van der Waals surface area contributed by atoms with E-state index in [0.29, 0.717) is 5.75 Å². The van der Waals surface area contributed by atoms with Gasteiger partial charge in [0.25, 0.3) is 0 Å². The van der Waals surface area contributed by atoms with Crippen molar-refractivity contribution < 1.29 is 14.2 Å². The zero-order chi connectivity index (χ0) is 10.7. The van der Waals surface area contributed by atoms with Gasteiger partial charge in [0.05, 0.1) is 12.7 Å². The largest absolute Gasteiger partial charge is 0.496 e. The molecule has 1 unspecified atom stereocenters. The molecule has 0 bridgehead atoms. The second-order valence-electron chi connectivity index (χ2n) is 3.04. The van der Waals surface area contributed by atoms with E-state index in [4.69, 9.17) is 4.74 Å². The van der Waals surface area contributed by atoms with E-state index in [1.807, 2.05) is 0 Å². The minimum absolute atomic E-state index is 0.133. The third kappa shape index (κ3) is 1.93. The molecule has 0 saturated carbocycles. The molecule has 0 radical (unpaired) electrons. The van der Waals surface area contributed by atoms with Gasteiger partial charge in [-0.1, -0.05) is 6.08 Å². The average molecular weight is 196 g/mol. The highest BCUT2D eigenvalue weighted by atomic mass is 19.1. The fourth-order valence-corrected chi connectivity index (χ4v) is 1.30. The van der Waals surface area contributed by atoms with Crippen molar-refractivity contribution in [3.05, 3.63) is 41.7 Å². The van der Waals surface area contributed by atoms with Crippen LogP contribution in [0.5, 0.6) is 5.75 Å². The average Bonchev–Trinajstić information content (AvgIpc) is 2.15. The summed E-state index contributed by atoms with van der Waals surface area (Å²) in [4.78, 5) is 0. The predicted molar refractivity (Wildman–Crippen MR) is 52.8 cm³/mol. The number of rotatable bonds is 3. The summed E-state index contributed by atoms with van der Waals surface area (Å²) in [5.74, 6) is -0.135. The van der Waals surface area contributed by atoms with Gasteiger partial charge in [-0.05, 0) is 24.6 Å². The van der Waals surface area contributed by atoms with Crippen molar-refractivity contribution in [2.24, 2.45) is 0 Å². The molecule has 14 heavy (non-hydrogen) atoms. The third-order valence-electron chi connectivity index (χ3n) is 1.97. The van der Waals surface area contributed by atoms with Gasteiger partial charge in [0.2, 0.25) is 0 Å². The lowest BCUT2D eigenvalue weighted by Crippen LogP contribution is -2.01. The highest BCUT2D eigenvalue weighted by Gasteiger charge is 2.16. The van der Waals surface area contributed by atoms with E-state index in [2.05, 4.69) is 6.58 Å². The van der Waals surface area contributed by atoms with Gasteiger partial charge >= 0.3 is 0 Å². The predicted octanol–water partition coefficient (Wildman–Crippen LogP) is 2.36. The van der Waals surface area contributed by atoms with Crippen LogP contribution < -0.4 is 4.74 Å². The van der Waals surface area contributed by atoms with Crippen LogP contribution in [0.15, 0.2) is 24.8 Å². The van der Waals surface area contributed by atoms with E-state index < -0.39 is 11.9 Å². The number of hydrogen-bond donors (Lipinski definition) is 1. The van der Waals surface area contributed by atoms with Crippen molar-refractivity contribution in [1.82, 2.24) is 0 Å². The number of ether oxygens (including phenoxy) is 1. The molecule has 1 aromatic carbocycles. The smallest absolute Gasteiger partial charge is 0.133 e. The summed E-state index contributed by atoms with van der Waals surface area (Å²) >= 11 is 0. The Morgan fingerprint density at radius 2 is 2.21 bits per heavy atom. The number of hydrogen-bond acceptors (Lipinski definition) is 2. The molecule has 0 aliphatic heterocycles. The Hall–Kier alpha value is -1.35. The Kier molecular flexibility index (Phi) is 3.25. The standard InChI is InChI=1S/C11H13FO2/c1-4-9(13)11-8(12)5-7(2)6-10(11)14-3/h4-6,9,13H,1H2,2-3H3. The monoisotopic (exact) mass is 196 g/mol. The minimum Gasteiger partial charge on any atom is -0.496 e. The number of aliphatic hydroxyl groups is 1. The van der Waals surface area contributed by atoms with Crippen LogP contribution in [0.3, 0.4) is 0 Å². The Labute approximate surface area is 82.6 Å². The maximum atomic E-state index is 13.4. The quantitative estimate of drug-likeness (QED) is 0.752. The Bertz CT molecular complexity index is 347. The van der Waals surface area contributed by atoms with Gasteiger partial charge in [0.1, 0.15) is 17.7 Å². The summed E-state index contributed by atoms with van der Waals surface area (Å²) in [6.45, 7) is 5.16. The Morgan fingerprint density at radius 1 is 1.57 bits per heavy atom. The molecule has 0 heterocycles. The summed E-state index contributed by atoms with van der Waals surface area (Å²) in [7, 11) is 1.44. The van der Waals surface area contributed by atoms with E-state index >= 15 is 0 Å². The minimum atomic E-state index is -1.04. The van der Waals surface area contributed by atoms with Crippen LogP contribution in [0.2, 0.25) is 0 Å². The molecule has 1 aromatic rings. The van der Waals surface area contributed by atoms with E-state index in [-0.39, 0.29) is 5.56 Å². The fraction of sp³-hybridized carbons (Fsp3) is 0.273. The van der Waals surface area contributed by atoms with Crippen molar-refractivity contribution in [3.63, 3.8) is 0 Å². The van der Waals surface area contributed by atoms with Gasteiger partial charge in [-0.2, -0.15) is 0 Å². The molecular weight excluding hydrogens is 183 g/mol. The topological polar surface area (TPSA) is 29.5 Å². The van der Waals surface area contributed by atoms with E-state index in [9.17, 15) is 9.50 Å². The first-order chi connectivity index (χ1) is 6.60. The molecule has 0 aromatic heterocycles. The number of halogens is 1. The molecule has 0 fully saturated rings. The highest BCUT2D eigenvalue weighted by Crippen LogP contribution is 2.29. The van der Waals surface area contributed by atoms with E-state index in [0.717, 1.165) is 5.56 Å². The van der Waals surface area contributed by atoms with Crippen LogP contribution in [0, 0.1) is 12.7 Å². The fourth-order valence-electron chi connectivity index (χ4n) is 1.30. The van der Waals surface area contributed by atoms with Crippen LogP contribution in [-0.2, 0) is 0 Å². The molecule has 2 nitrogen and oxygen atoms in total. The molecule has 0 spiro atoms. The molecule has 0 amide bonds. The van der Waals surface area contributed by atoms with Gasteiger partial charge in [-0.3, -0.25) is 0 Å². The highest BCUT2D eigenvalue weighted by molar-refractivity contribution is 5.41. The molecule has 3 heteroatoms. The number of aliphatic hydroxyl groups excluding tert-OH is 1. The van der Waals surface area contributed by atoms with Crippen molar-refractivity contribution >= 4 is 0 Å². The van der Waals surface area contributed by atoms with Crippen molar-refractivity contribution in [3.8, 4) is 5.75 Å². The van der Waals surface area contributed by atoms with Gasteiger partial charge in [0.15, 0.2) is 0 Å². The molecule has 1 N–H and O–H groups in total. The van der Waals surface area contributed by atoms with Gasteiger partial charge in [-0.15, -0.1) is 6.58 Å². The zero-order valence-corrected chi connectivity index (χ0v) is 8.25. The van der Waals surface area contributed by atoms with Crippen LogP contribution in [-0.4, -0.2) is 12.2 Å². The summed E-state index contributed by atoms with van der Waals surface area (Å²) in [6, 6.07) is 3.02. The second-order valence-corrected chi connectivity index (χ2v) is 3.04. The van der Waals surface area contributed by atoms with Gasteiger partial charge in [-0.25, -0.2) is 4.39 Å². The van der Waals surface area contributed by atoms with Crippen molar-refractivity contribution in [2.75, 3.05) is 7.11 Å². The SMILES string of the molecule is C=CC(O)c1c(F)cc(C)cc1OC. The normalized spacial score (nSPS) is 12.3. The first kappa shape index (κ1) is 10.7. The maximum absolute atomic E-state index is 13.4. The maximum Gasteiger partial charge on any atom is 0.133 e. The lowest BCUT2D eigenvalue weighted by molar-refractivity contribution is 0.217. The number of benzene rings is 1. The Morgan fingerprint density at radius 3 is 2.71 bits per heavy atom. The second kappa shape index (κ2) is 4.24. The summed E-state index contributed by atoms with van der Waals surface area (Å²) in [6.07, 6.45) is 0.224. The molecule has 0 aliphatic carbocycles. The van der Waals surface area contributed by atoms with E-state index in [1.165, 1.54) is 19.3 Å². The molecular formula is C11H13FO2. The Balaban J connectivity index is 3.31. The number of methoxy groups -OCH3 is 1. The summed E-state index contributed by atoms with van der Waals surface area (Å²) in [5.41, 5.74) is 0.882. The molecule has 1 rings (SSSR count). The van der Waals surface area contributed by atoms with Crippen LogP contribution >= 0.6 is 0 Å². The lowest BCUT2D eigenvalue weighted by atomic mass is 10.1. The van der Waals surface area contributed by atoms with Gasteiger partial charge < -0.3 is 9.84 Å². The third-order valence-corrected chi connectivity index (χ3v) is 1.97. The van der Waals surface area contributed by atoms with Crippen molar-refractivity contribution in [1.29, 1.82) is 0 Å². The van der Waals surface area contributed by atoms with E-state index in [1.54, 1.807) is 13.0 Å². The lowest BCUT2D eigenvalue weighted by Gasteiger charge is -2.13.